The molecule has 2 heteroatoms. The second-order valence-corrected chi connectivity index (χ2v) is 10.9. The Morgan fingerprint density at radius 1 is 1.04 bits per heavy atom. The molecule has 2 nitrogen and oxygen atoms in total. The van der Waals surface area contributed by atoms with Crippen molar-refractivity contribution in [1.29, 1.82) is 0 Å². The lowest BCUT2D eigenvalue weighted by atomic mass is 9.19. The molecule has 4 saturated carbocycles. The highest BCUT2D eigenvalue weighted by Gasteiger charge is 2.90. The van der Waals surface area contributed by atoms with E-state index in [9.17, 15) is 0 Å². The van der Waals surface area contributed by atoms with Crippen LogP contribution in [0.1, 0.15) is 57.4 Å². The van der Waals surface area contributed by atoms with E-state index in [-0.39, 0.29) is 0 Å². The van der Waals surface area contributed by atoms with Gasteiger partial charge in [-0.05, 0) is 92.8 Å². The van der Waals surface area contributed by atoms with Crippen LogP contribution in [0.3, 0.4) is 0 Å². The van der Waals surface area contributed by atoms with E-state index in [0.717, 1.165) is 12.0 Å². The molecule has 26 heavy (non-hydrogen) atoms. The number of benzene rings is 1. The molecule has 2 bridgehead atoms. The van der Waals surface area contributed by atoms with Crippen LogP contribution in [0.2, 0.25) is 0 Å². The average Bonchev–Trinajstić information content (AvgIpc) is 3.08. The van der Waals surface area contributed by atoms with Gasteiger partial charge >= 0.3 is 0 Å². The van der Waals surface area contributed by atoms with Crippen molar-refractivity contribution in [3.8, 4) is 0 Å². The van der Waals surface area contributed by atoms with Crippen LogP contribution in [-0.2, 0) is 5.41 Å². The van der Waals surface area contributed by atoms with Gasteiger partial charge in [0.15, 0.2) is 0 Å². The van der Waals surface area contributed by atoms with Crippen molar-refractivity contribution < 1.29 is 0 Å². The summed E-state index contributed by atoms with van der Waals surface area (Å²) in [5, 5.41) is 3.50. The maximum absolute atomic E-state index is 3.50. The summed E-state index contributed by atoms with van der Waals surface area (Å²) in [6.45, 7) is 6.67. The van der Waals surface area contributed by atoms with E-state index in [1.54, 1.807) is 5.56 Å². The molecule has 0 aromatic heterocycles. The van der Waals surface area contributed by atoms with E-state index in [2.05, 4.69) is 54.5 Å². The third kappa shape index (κ3) is 1.60. The molecule has 0 radical (unpaired) electrons. The number of hydrogen-bond acceptors (Lipinski definition) is 2. The molecular weight excluding hydrogens is 316 g/mol. The number of piperidine rings is 1. The van der Waals surface area contributed by atoms with Gasteiger partial charge in [-0.1, -0.05) is 37.3 Å². The summed E-state index contributed by atoms with van der Waals surface area (Å²) in [4.78, 5) is 2.84. The van der Waals surface area contributed by atoms with Gasteiger partial charge in [-0.3, -0.25) is 0 Å². The molecule has 1 aliphatic heterocycles. The second-order valence-electron chi connectivity index (χ2n) is 10.9. The first kappa shape index (κ1) is 16.1. The maximum atomic E-state index is 3.50. The normalized spacial score (nSPS) is 49.5. The Hall–Kier alpha value is -0.860. The number of nitrogens with one attached hydrogen (secondary N) is 1. The predicted octanol–water partition coefficient (Wildman–Crippen LogP) is 4.21. The zero-order valence-corrected chi connectivity index (χ0v) is 16.6. The highest BCUT2D eigenvalue weighted by molar-refractivity contribution is 5.50. The van der Waals surface area contributed by atoms with Crippen molar-refractivity contribution in [2.45, 2.75) is 63.3 Å². The highest BCUT2D eigenvalue weighted by atomic mass is 15.2. The quantitative estimate of drug-likeness (QED) is 0.875. The lowest BCUT2D eigenvalue weighted by Crippen LogP contribution is -2.81. The first-order chi connectivity index (χ1) is 12.6. The Kier molecular flexibility index (Phi) is 3.07. The Morgan fingerprint density at radius 2 is 1.81 bits per heavy atom. The Balaban J connectivity index is 1.32. The first-order valence-electron chi connectivity index (χ1n) is 11.0. The van der Waals surface area contributed by atoms with Crippen molar-refractivity contribution in [2.75, 3.05) is 26.7 Å². The second kappa shape index (κ2) is 4.94. The molecule has 1 heterocycles. The lowest BCUT2D eigenvalue weighted by Gasteiger charge is -2.84. The summed E-state index contributed by atoms with van der Waals surface area (Å²) >= 11 is 0. The lowest BCUT2D eigenvalue weighted by molar-refractivity contribution is -0.319. The molecule has 5 unspecified atom stereocenters. The standard InChI is InChI=1S/C24H34N2/c1-21-12-18-13-22(17-26-10-8-20(25-2)9-11-26)16-23(15-21,24(21,22)14-18)19-6-4-3-5-7-19/h3-7,18,20,25H,8-17H2,1-2H3. The van der Waals surface area contributed by atoms with Crippen molar-refractivity contribution >= 4 is 0 Å². The molecule has 1 saturated heterocycles. The molecule has 5 fully saturated rings. The summed E-state index contributed by atoms with van der Waals surface area (Å²) in [5.41, 5.74) is 4.08. The molecule has 0 amide bonds. The molecule has 140 valence electrons. The van der Waals surface area contributed by atoms with Gasteiger partial charge in [-0.2, -0.15) is 0 Å². The minimum absolute atomic E-state index is 0.525. The molecule has 1 aromatic carbocycles. The van der Waals surface area contributed by atoms with E-state index >= 15 is 0 Å². The summed E-state index contributed by atoms with van der Waals surface area (Å²) in [6.07, 6.45) is 10.2. The van der Waals surface area contributed by atoms with E-state index in [1.807, 2.05) is 0 Å². The van der Waals surface area contributed by atoms with Crippen molar-refractivity contribution in [2.24, 2.45) is 22.2 Å². The highest BCUT2D eigenvalue weighted by Crippen LogP contribution is 2.95. The summed E-state index contributed by atoms with van der Waals surface area (Å²) in [5.74, 6) is 1.02. The van der Waals surface area contributed by atoms with E-state index in [1.165, 1.54) is 64.6 Å². The Bertz CT molecular complexity index is 723. The Morgan fingerprint density at radius 3 is 2.50 bits per heavy atom. The van der Waals surface area contributed by atoms with Gasteiger partial charge in [0.25, 0.3) is 0 Å². The summed E-state index contributed by atoms with van der Waals surface area (Å²) in [6, 6.07) is 12.4. The molecule has 1 spiro atoms. The van der Waals surface area contributed by atoms with E-state index in [0.29, 0.717) is 21.7 Å². The van der Waals surface area contributed by atoms with Crippen LogP contribution in [0.4, 0.5) is 0 Å². The smallest absolute Gasteiger partial charge is 0.00884 e. The van der Waals surface area contributed by atoms with Gasteiger partial charge < -0.3 is 10.2 Å². The SMILES string of the molecule is CNC1CCN(CC23CC4CC5(C)CC(c6ccccc6)(C2)C53C4)CC1. The van der Waals surface area contributed by atoms with Gasteiger partial charge in [-0.25, -0.2) is 0 Å². The number of rotatable bonds is 4. The third-order valence-electron chi connectivity index (χ3n) is 9.95. The Labute approximate surface area is 158 Å². The zero-order valence-electron chi connectivity index (χ0n) is 16.6. The predicted molar refractivity (Wildman–Crippen MR) is 106 cm³/mol. The number of likely N-dealkylation sites (tertiary alicyclic amines) is 1. The largest absolute Gasteiger partial charge is 0.317 e. The number of hydrogen-bond donors (Lipinski definition) is 1. The minimum Gasteiger partial charge on any atom is -0.317 e. The molecule has 6 rings (SSSR count). The van der Waals surface area contributed by atoms with Crippen LogP contribution in [0.15, 0.2) is 30.3 Å². The molecule has 1 aromatic rings. The molecule has 4 aliphatic carbocycles. The molecule has 5 aliphatic rings. The molecular formula is C24H34N2. The van der Waals surface area contributed by atoms with Gasteiger partial charge in [0.2, 0.25) is 0 Å². The van der Waals surface area contributed by atoms with Crippen LogP contribution >= 0.6 is 0 Å². The van der Waals surface area contributed by atoms with Gasteiger partial charge in [0, 0.05) is 18.0 Å². The van der Waals surface area contributed by atoms with Crippen molar-refractivity contribution in [1.82, 2.24) is 10.2 Å². The van der Waals surface area contributed by atoms with Gasteiger partial charge in [0.1, 0.15) is 0 Å². The van der Waals surface area contributed by atoms with Crippen LogP contribution in [0.25, 0.3) is 0 Å². The minimum atomic E-state index is 0.525. The summed E-state index contributed by atoms with van der Waals surface area (Å²) < 4.78 is 0. The van der Waals surface area contributed by atoms with Crippen molar-refractivity contribution in [3.05, 3.63) is 35.9 Å². The summed E-state index contributed by atoms with van der Waals surface area (Å²) in [7, 11) is 2.13. The van der Waals surface area contributed by atoms with Crippen molar-refractivity contribution in [3.63, 3.8) is 0 Å². The van der Waals surface area contributed by atoms with Crippen LogP contribution in [0, 0.1) is 22.2 Å². The van der Waals surface area contributed by atoms with Crippen LogP contribution < -0.4 is 5.32 Å². The van der Waals surface area contributed by atoms with Crippen LogP contribution in [-0.4, -0.2) is 37.6 Å². The maximum Gasteiger partial charge on any atom is 0.00884 e. The zero-order chi connectivity index (χ0) is 17.6. The first-order valence-corrected chi connectivity index (χ1v) is 11.0. The number of fused-ring (bicyclic) bond motifs is 1. The van der Waals surface area contributed by atoms with E-state index < -0.39 is 0 Å². The van der Waals surface area contributed by atoms with Crippen LogP contribution in [0.5, 0.6) is 0 Å². The van der Waals surface area contributed by atoms with Gasteiger partial charge in [0.05, 0.1) is 0 Å². The fourth-order valence-corrected chi connectivity index (χ4v) is 9.68. The molecule has 1 N–H and O–H groups in total. The molecule has 5 atom stereocenters. The fourth-order valence-electron chi connectivity index (χ4n) is 9.68. The van der Waals surface area contributed by atoms with Gasteiger partial charge in [-0.15, -0.1) is 0 Å². The fraction of sp³-hybridized carbons (Fsp3) is 0.750. The third-order valence-corrected chi connectivity index (χ3v) is 9.95. The van der Waals surface area contributed by atoms with E-state index in [4.69, 9.17) is 0 Å². The monoisotopic (exact) mass is 350 g/mol. The average molecular weight is 351 g/mol. The topological polar surface area (TPSA) is 15.3 Å². The number of nitrogens with zero attached hydrogens (tertiary/aromatic N) is 1.